The Bertz CT molecular complexity index is 509. The van der Waals surface area contributed by atoms with Gasteiger partial charge in [-0.25, -0.2) is 0 Å². The van der Waals surface area contributed by atoms with Gasteiger partial charge in [0.15, 0.2) is 5.78 Å². The fourth-order valence-corrected chi connectivity index (χ4v) is 1.66. The van der Waals surface area contributed by atoms with Crippen molar-refractivity contribution in [2.75, 3.05) is 0 Å². The van der Waals surface area contributed by atoms with Gasteiger partial charge in [0, 0.05) is 5.56 Å². The highest BCUT2D eigenvalue weighted by molar-refractivity contribution is 5.95. The second kappa shape index (κ2) is 4.31. The van der Waals surface area contributed by atoms with Gasteiger partial charge in [-0.05, 0) is 31.0 Å². The summed E-state index contributed by atoms with van der Waals surface area (Å²) in [4.78, 5) is 11.3. The van der Waals surface area contributed by atoms with Gasteiger partial charge in [-0.15, -0.1) is 0 Å². The van der Waals surface area contributed by atoms with Gasteiger partial charge in [0.25, 0.3) is 0 Å². The molecule has 0 atom stereocenters. The van der Waals surface area contributed by atoms with Crippen molar-refractivity contribution in [1.82, 2.24) is 0 Å². The molecule has 0 saturated carbocycles. The van der Waals surface area contributed by atoms with Gasteiger partial charge in [-0.3, -0.25) is 4.79 Å². The van der Waals surface area contributed by atoms with Gasteiger partial charge in [0.05, 0.1) is 0 Å². The Morgan fingerprint density at radius 1 is 0.938 bits per heavy atom. The molecular weight excluding hydrogens is 196 g/mol. The van der Waals surface area contributed by atoms with E-state index in [0.717, 1.165) is 16.7 Å². The van der Waals surface area contributed by atoms with Crippen molar-refractivity contribution in [2.45, 2.75) is 13.8 Å². The predicted molar refractivity (Wildman–Crippen MR) is 66.6 cm³/mol. The van der Waals surface area contributed by atoms with E-state index in [2.05, 4.69) is 31.2 Å². The van der Waals surface area contributed by atoms with Crippen LogP contribution in [0.2, 0.25) is 0 Å². The maximum absolute atomic E-state index is 11.3. The lowest BCUT2D eigenvalue weighted by Crippen LogP contribution is -1.91. The second-order valence-corrected chi connectivity index (χ2v) is 4.00. The fraction of sp³-hybridized carbons (Fsp3) is 0.133. The molecule has 0 fully saturated rings. The average molecular weight is 210 g/mol. The summed E-state index contributed by atoms with van der Waals surface area (Å²) in [7, 11) is 0. The number of carbonyl (C=O) groups excluding carboxylic acids is 1. The molecule has 0 unspecified atom stereocenters. The molecule has 80 valence electrons. The van der Waals surface area contributed by atoms with Gasteiger partial charge >= 0.3 is 0 Å². The average Bonchev–Trinajstić information content (AvgIpc) is 2.30. The molecule has 2 rings (SSSR count). The van der Waals surface area contributed by atoms with Crippen molar-refractivity contribution in [3.63, 3.8) is 0 Å². The highest BCUT2D eigenvalue weighted by Gasteiger charge is 2.01. The zero-order valence-electron chi connectivity index (χ0n) is 9.53. The standard InChI is InChI=1S/C15H14O/c1-11-6-8-13(9-7-11)15-5-3-4-14(10-15)12(2)16/h3-10H,1-2H3. The highest BCUT2D eigenvalue weighted by Crippen LogP contribution is 2.20. The first-order valence-corrected chi connectivity index (χ1v) is 5.35. The molecule has 0 amide bonds. The molecule has 0 bridgehead atoms. The molecule has 0 N–H and O–H groups in total. The van der Waals surface area contributed by atoms with Crippen LogP contribution in [0.1, 0.15) is 22.8 Å². The summed E-state index contributed by atoms with van der Waals surface area (Å²) in [5.41, 5.74) is 4.24. The minimum absolute atomic E-state index is 0.106. The van der Waals surface area contributed by atoms with Crippen molar-refractivity contribution in [2.24, 2.45) is 0 Å². The van der Waals surface area contributed by atoms with Crippen LogP contribution in [-0.2, 0) is 0 Å². The first kappa shape index (κ1) is 10.6. The largest absolute Gasteiger partial charge is 0.295 e. The molecule has 2 aromatic carbocycles. The lowest BCUT2D eigenvalue weighted by Gasteiger charge is -2.03. The summed E-state index contributed by atoms with van der Waals surface area (Å²) in [6.45, 7) is 3.66. The van der Waals surface area contributed by atoms with E-state index in [-0.39, 0.29) is 5.78 Å². The quantitative estimate of drug-likeness (QED) is 0.688. The van der Waals surface area contributed by atoms with E-state index in [9.17, 15) is 4.79 Å². The predicted octanol–water partition coefficient (Wildman–Crippen LogP) is 3.86. The smallest absolute Gasteiger partial charge is 0.159 e. The van der Waals surface area contributed by atoms with Crippen LogP contribution in [0.25, 0.3) is 11.1 Å². The maximum atomic E-state index is 11.3. The monoisotopic (exact) mass is 210 g/mol. The third-order valence-corrected chi connectivity index (χ3v) is 2.65. The second-order valence-electron chi connectivity index (χ2n) is 4.00. The number of ketones is 1. The molecule has 0 aliphatic heterocycles. The highest BCUT2D eigenvalue weighted by atomic mass is 16.1. The maximum Gasteiger partial charge on any atom is 0.159 e. The molecule has 0 heterocycles. The Hall–Kier alpha value is -1.89. The molecule has 0 radical (unpaired) electrons. The van der Waals surface area contributed by atoms with Crippen LogP contribution in [0.4, 0.5) is 0 Å². The van der Waals surface area contributed by atoms with Gasteiger partial charge in [-0.2, -0.15) is 0 Å². The molecule has 0 aliphatic carbocycles. The first-order chi connectivity index (χ1) is 7.66. The first-order valence-electron chi connectivity index (χ1n) is 5.35. The molecule has 0 saturated heterocycles. The van der Waals surface area contributed by atoms with E-state index < -0.39 is 0 Å². The van der Waals surface area contributed by atoms with Crippen LogP contribution in [0, 0.1) is 6.92 Å². The van der Waals surface area contributed by atoms with E-state index in [0.29, 0.717) is 0 Å². The van der Waals surface area contributed by atoms with E-state index in [4.69, 9.17) is 0 Å². The van der Waals surface area contributed by atoms with Gasteiger partial charge in [0.1, 0.15) is 0 Å². The molecule has 0 aromatic heterocycles. The lowest BCUT2D eigenvalue weighted by molar-refractivity contribution is 0.101. The van der Waals surface area contributed by atoms with Crippen molar-refractivity contribution >= 4 is 5.78 Å². The molecule has 1 heteroatoms. The number of carbonyl (C=O) groups is 1. The van der Waals surface area contributed by atoms with Crippen LogP contribution in [0.3, 0.4) is 0 Å². The Kier molecular flexibility index (Phi) is 2.86. The van der Waals surface area contributed by atoms with Crippen molar-refractivity contribution in [3.8, 4) is 11.1 Å². The van der Waals surface area contributed by atoms with Crippen molar-refractivity contribution in [1.29, 1.82) is 0 Å². The van der Waals surface area contributed by atoms with Crippen LogP contribution in [0.5, 0.6) is 0 Å². The summed E-state index contributed by atoms with van der Waals surface area (Å²) in [6.07, 6.45) is 0. The summed E-state index contributed by atoms with van der Waals surface area (Å²) >= 11 is 0. The summed E-state index contributed by atoms with van der Waals surface area (Å²) in [5.74, 6) is 0.106. The van der Waals surface area contributed by atoms with Crippen LogP contribution >= 0.6 is 0 Å². The number of hydrogen-bond acceptors (Lipinski definition) is 1. The van der Waals surface area contributed by atoms with Gasteiger partial charge in [0.2, 0.25) is 0 Å². The SMILES string of the molecule is CC(=O)c1cccc(-c2ccc(C)cc2)c1. The van der Waals surface area contributed by atoms with Gasteiger partial charge < -0.3 is 0 Å². The lowest BCUT2D eigenvalue weighted by atomic mass is 10.0. The van der Waals surface area contributed by atoms with E-state index >= 15 is 0 Å². The van der Waals surface area contributed by atoms with Crippen LogP contribution in [0.15, 0.2) is 48.5 Å². The topological polar surface area (TPSA) is 17.1 Å². The third-order valence-electron chi connectivity index (χ3n) is 2.65. The number of Topliss-reactive ketones (excluding diaryl/α,β-unsaturated/α-hetero) is 1. The zero-order chi connectivity index (χ0) is 11.5. The molecule has 16 heavy (non-hydrogen) atoms. The van der Waals surface area contributed by atoms with Crippen LogP contribution in [-0.4, -0.2) is 5.78 Å². The minimum atomic E-state index is 0.106. The molecular formula is C15H14O. The zero-order valence-corrected chi connectivity index (χ0v) is 9.53. The summed E-state index contributed by atoms with van der Waals surface area (Å²) in [6, 6.07) is 16.0. The Morgan fingerprint density at radius 2 is 1.62 bits per heavy atom. The Labute approximate surface area is 95.7 Å². The van der Waals surface area contributed by atoms with Crippen LogP contribution < -0.4 is 0 Å². The summed E-state index contributed by atoms with van der Waals surface area (Å²) in [5, 5.41) is 0. The Balaban J connectivity index is 2.44. The van der Waals surface area contributed by atoms with E-state index in [1.807, 2.05) is 24.3 Å². The van der Waals surface area contributed by atoms with Gasteiger partial charge in [-0.1, -0.05) is 48.0 Å². The number of rotatable bonds is 2. The minimum Gasteiger partial charge on any atom is -0.295 e. The molecule has 0 spiro atoms. The van der Waals surface area contributed by atoms with Crippen molar-refractivity contribution in [3.05, 3.63) is 59.7 Å². The number of aryl methyl sites for hydroxylation is 1. The number of benzene rings is 2. The summed E-state index contributed by atoms with van der Waals surface area (Å²) < 4.78 is 0. The fourth-order valence-electron chi connectivity index (χ4n) is 1.66. The van der Waals surface area contributed by atoms with E-state index in [1.54, 1.807) is 6.92 Å². The van der Waals surface area contributed by atoms with Crippen molar-refractivity contribution < 1.29 is 4.79 Å². The third kappa shape index (κ3) is 2.19. The number of hydrogen-bond donors (Lipinski definition) is 0. The molecule has 2 aromatic rings. The van der Waals surface area contributed by atoms with E-state index in [1.165, 1.54) is 5.56 Å². The normalized spacial score (nSPS) is 10.1. The molecule has 1 nitrogen and oxygen atoms in total. The Morgan fingerprint density at radius 3 is 2.25 bits per heavy atom. The molecule has 0 aliphatic rings.